The SMILES string of the molecule is O=C(O)Cc1cc(Cc2ccccc2)cs1. The van der Waals surface area contributed by atoms with Crippen LogP contribution in [-0.2, 0) is 17.6 Å². The Morgan fingerprint density at radius 2 is 1.94 bits per heavy atom. The first-order valence-corrected chi connectivity index (χ1v) is 5.94. The van der Waals surface area contributed by atoms with Crippen molar-refractivity contribution in [3.05, 3.63) is 57.8 Å². The van der Waals surface area contributed by atoms with Gasteiger partial charge in [-0.2, -0.15) is 0 Å². The third-order valence-electron chi connectivity index (χ3n) is 2.28. The van der Waals surface area contributed by atoms with E-state index in [1.807, 2.05) is 29.6 Å². The van der Waals surface area contributed by atoms with E-state index in [-0.39, 0.29) is 6.42 Å². The second-order valence-electron chi connectivity index (χ2n) is 3.65. The molecule has 1 heterocycles. The Bertz CT molecular complexity index is 474. The summed E-state index contributed by atoms with van der Waals surface area (Å²) in [4.78, 5) is 11.5. The Labute approximate surface area is 98.2 Å². The molecule has 0 aliphatic carbocycles. The number of hydrogen-bond acceptors (Lipinski definition) is 2. The summed E-state index contributed by atoms with van der Waals surface area (Å²) in [5.41, 5.74) is 2.44. The molecule has 0 spiro atoms. The van der Waals surface area contributed by atoms with Gasteiger partial charge in [0.25, 0.3) is 0 Å². The molecule has 1 N–H and O–H groups in total. The van der Waals surface area contributed by atoms with Crippen molar-refractivity contribution in [2.24, 2.45) is 0 Å². The van der Waals surface area contributed by atoms with Gasteiger partial charge in [0.1, 0.15) is 0 Å². The number of thiophene rings is 1. The third-order valence-corrected chi connectivity index (χ3v) is 3.27. The van der Waals surface area contributed by atoms with Crippen LogP contribution < -0.4 is 0 Å². The first-order valence-electron chi connectivity index (χ1n) is 5.06. The number of benzene rings is 1. The van der Waals surface area contributed by atoms with Crippen molar-refractivity contribution in [3.63, 3.8) is 0 Å². The topological polar surface area (TPSA) is 37.3 Å². The van der Waals surface area contributed by atoms with Gasteiger partial charge in [0.05, 0.1) is 6.42 Å². The zero-order valence-corrected chi connectivity index (χ0v) is 9.54. The van der Waals surface area contributed by atoms with Gasteiger partial charge in [-0.25, -0.2) is 0 Å². The summed E-state index contributed by atoms with van der Waals surface area (Å²) in [6.07, 6.45) is 0.996. The molecular weight excluding hydrogens is 220 g/mol. The minimum atomic E-state index is -0.770. The van der Waals surface area contributed by atoms with Crippen LogP contribution in [0.4, 0.5) is 0 Å². The first-order chi connectivity index (χ1) is 7.74. The molecule has 0 radical (unpaired) electrons. The highest BCUT2D eigenvalue weighted by atomic mass is 32.1. The molecule has 1 aromatic heterocycles. The third kappa shape index (κ3) is 2.94. The van der Waals surface area contributed by atoms with Gasteiger partial charge in [0, 0.05) is 4.88 Å². The highest BCUT2D eigenvalue weighted by Gasteiger charge is 2.04. The minimum Gasteiger partial charge on any atom is -0.481 e. The molecule has 0 amide bonds. The normalized spacial score (nSPS) is 10.2. The molecule has 1 aromatic carbocycles. The zero-order valence-electron chi connectivity index (χ0n) is 8.72. The summed E-state index contributed by atoms with van der Waals surface area (Å²) in [7, 11) is 0. The molecule has 3 heteroatoms. The predicted octanol–water partition coefficient (Wildman–Crippen LogP) is 2.97. The maximum Gasteiger partial charge on any atom is 0.308 e. The molecule has 0 aliphatic heterocycles. The lowest BCUT2D eigenvalue weighted by Gasteiger charge is -1.97. The lowest BCUT2D eigenvalue weighted by Crippen LogP contribution is -1.97. The number of aliphatic carboxylic acids is 1. The van der Waals surface area contributed by atoms with E-state index in [4.69, 9.17) is 5.11 Å². The van der Waals surface area contributed by atoms with Gasteiger partial charge in [-0.15, -0.1) is 11.3 Å². The highest BCUT2D eigenvalue weighted by molar-refractivity contribution is 7.10. The maximum absolute atomic E-state index is 10.5. The first kappa shape index (κ1) is 10.9. The molecular formula is C13H12O2S. The second-order valence-corrected chi connectivity index (χ2v) is 4.65. The van der Waals surface area contributed by atoms with Gasteiger partial charge in [-0.05, 0) is 29.0 Å². The van der Waals surface area contributed by atoms with E-state index in [9.17, 15) is 4.79 Å². The van der Waals surface area contributed by atoms with Crippen molar-refractivity contribution in [2.75, 3.05) is 0 Å². The molecule has 0 fully saturated rings. The lowest BCUT2D eigenvalue weighted by molar-refractivity contribution is -0.136. The smallest absolute Gasteiger partial charge is 0.308 e. The number of hydrogen-bond donors (Lipinski definition) is 1. The van der Waals surface area contributed by atoms with Gasteiger partial charge in [-0.1, -0.05) is 30.3 Å². The van der Waals surface area contributed by atoms with E-state index in [1.165, 1.54) is 22.5 Å². The van der Waals surface area contributed by atoms with E-state index in [0.717, 1.165) is 11.3 Å². The van der Waals surface area contributed by atoms with Crippen molar-refractivity contribution in [1.82, 2.24) is 0 Å². The monoisotopic (exact) mass is 232 g/mol. The summed E-state index contributed by atoms with van der Waals surface area (Å²) in [5.74, 6) is -0.770. The van der Waals surface area contributed by atoms with Crippen LogP contribution in [0.2, 0.25) is 0 Å². The van der Waals surface area contributed by atoms with Crippen LogP contribution in [0.3, 0.4) is 0 Å². The van der Waals surface area contributed by atoms with Crippen molar-refractivity contribution >= 4 is 17.3 Å². The number of carbonyl (C=O) groups is 1. The van der Waals surface area contributed by atoms with E-state index in [1.54, 1.807) is 0 Å². The van der Waals surface area contributed by atoms with Crippen LogP contribution in [0.1, 0.15) is 16.0 Å². The number of rotatable bonds is 4. The Morgan fingerprint density at radius 3 is 2.62 bits per heavy atom. The molecule has 0 saturated carbocycles. The van der Waals surface area contributed by atoms with E-state index >= 15 is 0 Å². The average molecular weight is 232 g/mol. The zero-order chi connectivity index (χ0) is 11.4. The van der Waals surface area contributed by atoms with Crippen molar-refractivity contribution < 1.29 is 9.90 Å². The fourth-order valence-electron chi connectivity index (χ4n) is 1.59. The quantitative estimate of drug-likeness (QED) is 0.880. The molecule has 0 saturated heterocycles. The Balaban J connectivity index is 2.06. The van der Waals surface area contributed by atoms with Crippen LogP contribution in [0, 0.1) is 0 Å². The highest BCUT2D eigenvalue weighted by Crippen LogP contribution is 2.18. The average Bonchev–Trinajstić information content (AvgIpc) is 2.66. The minimum absolute atomic E-state index is 0.124. The fourth-order valence-corrected chi connectivity index (χ4v) is 2.47. The number of carboxylic acids is 1. The van der Waals surface area contributed by atoms with E-state index < -0.39 is 5.97 Å². The fraction of sp³-hybridized carbons (Fsp3) is 0.154. The van der Waals surface area contributed by atoms with Crippen LogP contribution in [-0.4, -0.2) is 11.1 Å². The molecule has 2 rings (SSSR count). The molecule has 0 bridgehead atoms. The van der Waals surface area contributed by atoms with Gasteiger partial charge in [0.2, 0.25) is 0 Å². The Hall–Kier alpha value is -1.61. The van der Waals surface area contributed by atoms with Crippen LogP contribution in [0.25, 0.3) is 0 Å². The Morgan fingerprint density at radius 1 is 1.19 bits per heavy atom. The van der Waals surface area contributed by atoms with Gasteiger partial charge in [0.15, 0.2) is 0 Å². The molecule has 2 aromatic rings. The van der Waals surface area contributed by atoms with Crippen LogP contribution in [0.15, 0.2) is 41.8 Å². The molecule has 0 atom stereocenters. The lowest BCUT2D eigenvalue weighted by atomic mass is 10.1. The Kier molecular flexibility index (Phi) is 3.37. The summed E-state index contributed by atoms with van der Waals surface area (Å²) >= 11 is 1.52. The molecule has 82 valence electrons. The van der Waals surface area contributed by atoms with Crippen molar-refractivity contribution in [3.8, 4) is 0 Å². The summed E-state index contributed by atoms with van der Waals surface area (Å²) in [6, 6.07) is 12.2. The van der Waals surface area contributed by atoms with Gasteiger partial charge >= 0.3 is 5.97 Å². The predicted molar refractivity (Wildman–Crippen MR) is 64.9 cm³/mol. The summed E-state index contributed by atoms with van der Waals surface area (Å²) in [5, 5.41) is 10.7. The van der Waals surface area contributed by atoms with E-state index in [0.29, 0.717) is 0 Å². The van der Waals surface area contributed by atoms with Gasteiger partial charge in [-0.3, -0.25) is 4.79 Å². The summed E-state index contributed by atoms with van der Waals surface area (Å²) < 4.78 is 0. The number of carboxylic acid groups (broad SMARTS) is 1. The van der Waals surface area contributed by atoms with Crippen LogP contribution in [0.5, 0.6) is 0 Å². The summed E-state index contributed by atoms with van der Waals surface area (Å²) in [6.45, 7) is 0. The van der Waals surface area contributed by atoms with E-state index in [2.05, 4.69) is 12.1 Å². The second kappa shape index (κ2) is 4.94. The molecule has 0 aliphatic rings. The molecule has 0 unspecified atom stereocenters. The molecule has 2 nitrogen and oxygen atoms in total. The van der Waals surface area contributed by atoms with Crippen LogP contribution >= 0.6 is 11.3 Å². The maximum atomic E-state index is 10.5. The van der Waals surface area contributed by atoms with Gasteiger partial charge < -0.3 is 5.11 Å². The standard InChI is InChI=1S/C13H12O2S/c14-13(15)8-12-7-11(9-16-12)6-10-4-2-1-3-5-10/h1-5,7,9H,6,8H2,(H,14,15). The largest absolute Gasteiger partial charge is 0.481 e. The van der Waals surface area contributed by atoms with Crippen molar-refractivity contribution in [1.29, 1.82) is 0 Å². The molecule has 16 heavy (non-hydrogen) atoms. The van der Waals surface area contributed by atoms with Crippen molar-refractivity contribution in [2.45, 2.75) is 12.8 Å².